The Bertz CT molecular complexity index is 1440. The fourth-order valence-corrected chi connectivity index (χ4v) is 7.15. The number of nitrogens with zero attached hydrogens (tertiary/aromatic N) is 4. The summed E-state index contributed by atoms with van der Waals surface area (Å²) in [5.74, 6) is -0.331. The van der Waals surface area contributed by atoms with Crippen LogP contribution < -0.4 is 16.4 Å². The molecule has 2 aromatic rings. The highest BCUT2D eigenvalue weighted by Crippen LogP contribution is 2.38. The number of alkyl halides is 3. The minimum atomic E-state index is -4.68. The van der Waals surface area contributed by atoms with Crippen LogP contribution in [0.25, 0.3) is 0 Å². The number of urea groups is 2. The average molecular weight is 709 g/mol. The molecule has 14 heteroatoms. The summed E-state index contributed by atoms with van der Waals surface area (Å²) in [7, 11) is 3.98. The number of likely N-dealkylation sites (tertiary alicyclic amines) is 2. The summed E-state index contributed by atoms with van der Waals surface area (Å²) in [6.45, 7) is 2.28. The molecule has 10 nitrogen and oxygen atoms in total. The van der Waals surface area contributed by atoms with E-state index < -0.39 is 29.5 Å². The van der Waals surface area contributed by atoms with Crippen LogP contribution in [0.15, 0.2) is 40.9 Å². The van der Waals surface area contributed by atoms with Crippen molar-refractivity contribution in [3.8, 4) is 0 Å². The lowest BCUT2D eigenvalue weighted by Gasteiger charge is -2.39. The van der Waals surface area contributed by atoms with Crippen molar-refractivity contribution in [3.05, 3.63) is 57.6 Å². The summed E-state index contributed by atoms with van der Waals surface area (Å²) in [5.41, 5.74) is 6.40. The van der Waals surface area contributed by atoms with E-state index in [1.54, 1.807) is 9.80 Å². The number of rotatable bonds is 6. The van der Waals surface area contributed by atoms with Gasteiger partial charge < -0.3 is 36.0 Å². The van der Waals surface area contributed by atoms with Gasteiger partial charge in [0.25, 0.3) is 0 Å². The number of halogens is 4. The molecular weight excluding hydrogens is 667 g/mol. The van der Waals surface area contributed by atoms with Gasteiger partial charge in [-0.3, -0.25) is 4.79 Å². The van der Waals surface area contributed by atoms with Gasteiger partial charge >= 0.3 is 18.2 Å². The molecule has 46 heavy (non-hydrogen) atoms. The van der Waals surface area contributed by atoms with Gasteiger partial charge in [0.05, 0.1) is 11.3 Å². The molecule has 0 aromatic heterocycles. The summed E-state index contributed by atoms with van der Waals surface area (Å²) in [6, 6.07) is 8.70. The Morgan fingerprint density at radius 2 is 1.70 bits per heavy atom. The molecular formula is C32H41BrF3N7O3. The maximum absolute atomic E-state index is 13.8. The van der Waals surface area contributed by atoms with Gasteiger partial charge in [-0.2, -0.15) is 13.2 Å². The number of carbonyl (C=O) groups excluding carboxylic acids is 3. The Labute approximate surface area is 275 Å². The summed E-state index contributed by atoms with van der Waals surface area (Å²) >= 11 is 3.13. The van der Waals surface area contributed by atoms with Gasteiger partial charge in [-0.1, -0.05) is 18.2 Å². The van der Waals surface area contributed by atoms with E-state index in [1.165, 1.54) is 6.07 Å². The first-order chi connectivity index (χ1) is 21.8. The van der Waals surface area contributed by atoms with Crippen LogP contribution in [0.1, 0.15) is 42.4 Å². The minimum absolute atomic E-state index is 0.0540. The zero-order chi connectivity index (χ0) is 33.2. The van der Waals surface area contributed by atoms with E-state index in [0.29, 0.717) is 51.6 Å². The molecule has 0 saturated carbocycles. The van der Waals surface area contributed by atoms with Crippen molar-refractivity contribution in [3.63, 3.8) is 0 Å². The molecule has 250 valence electrons. The van der Waals surface area contributed by atoms with Gasteiger partial charge in [-0.05, 0) is 91.5 Å². The van der Waals surface area contributed by atoms with Gasteiger partial charge in [-0.15, -0.1) is 0 Å². The summed E-state index contributed by atoms with van der Waals surface area (Å²) in [5, 5.41) is 5.84. The third-order valence-corrected chi connectivity index (χ3v) is 10.0. The Morgan fingerprint density at radius 1 is 1.04 bits per heavy atom. The molecule has 4 N–H and O–H groups in total. The molecule has 0 spiro atoms. The second kappa shape index (κ2) is 14.1. The predicted molar refractivity (Wildman–Crippen MR) is 173 cm³/mol. The van der Waals surface area contributed by atoms with E-state index in [4.69, 9.17) is 5.73 Å². The molecule has 1 atom stereocenters. The van der Waals surface area contributed by atoms with Crippen molar-refractivity contribution in [2.24, 2.45) is 0 Å². The molecule has 3 heterocycles. The van der Waals surface area contributed by atoms with Crippen LogP contribution >= 0.6 is 15.9 Å². The summed E-state index contributed by atoms with van der Waals surface area (Å²) in [4.78, 5) is 47.6. The van der Waals surface area contributed by atoms with Crippen LogP contribution in [-0.2, 0) is 23.8 Å². The quantitative estimate of drug-likeness (QED) is 0.374. The number of piperidine rings is 2. The number of benzene rings is 2. The van der Waals surface area contributed by atoms with Crippen LogP contribution in [-0.4, -0.2) is 103 Å². The highest BCUT2D eigenvalue weighted by Gasteiger charge is 2.37. The van der Waals surface area contributed by atoms with Gasteiger partial charge in [0, 0.05) is 61.4 Å². The first-order valence-electron chi connectivity index (χ1n) is 15.6. The summed E-state index contributed by atoms with van der Waals surface area (Å²) in [6.07, 6.45) is -1.45. The second-order valence-electron chi connectivity index (χ2n) is 12.5. The van der Waals surface area contributed by atoms with Crippen LogP contribution in [0.3, 0.4) is 0 Å². The first kappa shape index (κ1) is 33.8. The number of fused-ring (bicyclic) bond motifs is 1. The Kier molecular flexibility index (Phi) is 10.4. The molecule has 3 aliphatic rings. The van der Waals surface area contributed by atoms with Crippen molar-refractivity contribution >= 4 is 45.3 Å². The maximum Gasteiger partial charge on any atom is 0.418 e. The van der Waals surface area contributed by atoms with Crippen molar-refractivity contribution in [2.45, 2.75) is 62.8 Å². The third kappa shape index (κ3) is 7.71. The molecule has 2 fully saturated rings. The zero-order valence-electron chi connectivity index (χ0n) is 26.1. The fourth-order valence-electron chi connectivity index (χ4n) is 6.64. The van der Waals surface area contributed by atoms with Crippen LogP contribution in [0.5, 0.6) is 0 Å². The van der Waals surface area contributed by atoms with Crippen molar-refractivity contribution < 1.29 is 27.6 Å². The lowest BCUT2D eigenvalue weighted by atomic mass is 9.99. The van der Waals surface area contributed by atoms with Crippen molar-refractivity contribution in [1.29, 1.82) is 0 Å². The standard InChI is InChI=1S/C32H41BrF3N7O3/c1-40(2)22-8-12-41(13-9-22)29(44)27(19-20-17-24(32(34,35)36)28(37)25(33)18-20)39-30(45)42-14-10-23(11-15-42)43-16-7-21-5-3-4-6-26(21)38-31(43)46/h3-6,17-18,22-23,27H,7-16,19,37H2,1-2H3,(H,38,46)(H,39,45)/t27-/m1/s1. The monoisotopic (exact) mass is 707 g/mol. The van der Waals surface area contributed by atoms with Crippen molar-refractivity contribution in [1.82, 2.24) is 24.9 Å². The van der Waals surface area contributed by atoms with E-state index in [2.05, 4.69) is 31.5 Å². The minimum Gasteiger partial charge on any atom is -0.397 e. The molecule has 3 aliphatic heterocycles. The topological polar surface area (TPSA) is 114 Å². The number of nitrogens with one attached hydrogen (secondary N) is 2. The predicted octanol–water partition coefficient (Wildman–Crippen LogP) is 4.78. The molecule has 2 saturated heterocycles. The van der Waals surface area contributed by atoms with E-state index in [-0.39, 0.29) is 34.4 Å². The van der Waals surface area contributed by atoms with Crippen LogP contribution in [0.2, 0.25) is 0 Å². The van der Waals surface area contributed by atoms with E-state index >= 15 is 0 Å². The van der Waals surface area contributed by atoms with Crippen LogP contribution in [0, 0.1) is 0 Å². The molecule has 0 unspecified atom stereocenters. The lowest BCUT2D eigenvalue weighted by Crippen LogP contribution is -2.57. The largest absolute Gasteiger partial charge is 0.418 e. The number of nitrogens with two attached hydrogens (primary N) is 1. The molecule has 0 aliphatic carbocycles. The Morgan fingerprint density at radius 3 is 2.35 bits per heavy atom. The number of carbonyl (C=O) groups is 3. The average Bonchev–Trinajstić information content (AvgIpc) is 3.19. The van der Waals surface area contributed by atoms with Gasteiger partial charge in [0.1, 0.15) is 6.04 Å². The first-order valence-corrected chi connectivity index (χ1v) is 16.4. The van der Waals surface area contributed by atoms with Gasteiger partial charge in [-0.25, -0.2) is 9.59 Å². The Hall–Kier alpha value is -3.52. The van der Waals surface area contributed by atoms with E-state index in [1.807, 2.05) is 43.3 Å². The third-order valence-electron chi connectivity index (χ3n) is 9.37. The Balaban J connectivity index is 1.27. The van der Waals surface area contributed by atoms with Crippen LogP contribution in [0.4, 0.5) is 34.1 Å². The summed E-state index contributed by atoms with van der Waals surface area (Å²) < 4.78 is 41.3. The molecule has 5 amide bonds. The van der Waals surface area contributed by atoms with Gasteiger partial charge in [0.2, 0.25) is 5.91 Å². The zero-order valence-corrected chi connectivity index (χ0v) is 27.7. The SMILES string of the molecule is CN(C)C1CCN(C(=O)[C@@H](Cc2cc(Br)c(N)c(C(F)(F)F)c2)NC(=O)N2CCC(N3CCc4ccccc4NC3=O)CC2)CC1. The highest BCUT2D eigenvalue weighted by atomic mass is 79.9. The number of para-hydroxylation sites is 1. The molecule has 0 radical (unpaired) electrons. The fraction of sp³-hybridized carbons (Fsp3) is 0.531. The number of nitrogen functional groups attached to an aromatic ring is 1. The molecule has 5 rings (SSSR count). The van der Waals surface area contributed by atoms with E-state index in [0.717, 1.165) is 36.6 Å². The second-order valence-corrected chi connectivity index (χ2v) is 13.4. The molecule has 2 aromatic carbocycles. The van der Waals surface area contributed by atoms with Crippen molar-refractivity contribution in [2.75, 3.05) is 57.9 Å². The molecule has 0 bridgehead atoms. The normalized spacial score (nSPS) is 19.0. The number of amides is 5. The number of hydrogen-bond acceptors (Lipinski definition) is 5. The highest BCUT2D eigenvalue weighted by molar-refractivity contribution is 9.10. The maximum atomic E-state index is 13.8. The lowest BCUT2D eigenvalue weighted by molar-refractivity contribution is -0.137. The van der Waals surface area contributed by atoms with Gasteiger partial charge in [0.15, 0.2) is 0 Å². The van der Waals surface area contributed by atoms with E-state index in [9.17, 15) is 27.6 Å². The number of hydrogen-bond donors (Lipinski definition) is 3. The smallest absolute Gasteiger partial charge is 0.397 e. The number of anilines is 2.